The van der Waals surface area contributed by atoms with Crippen LogP contribution in [0.3, 0.4) is 0 Å². The maximum absolute atomic E-state index is 13.6. The second-order valence-electron chi connectivity index (χ2n) is 7.58. The van der Waals surface area contributed by atoms with E-state index >= 15 is 0 Å². The first kappa shape index (κ1) is 20.8. The van der Waals surface area contributed by atoms with Crippen LogP contribution in [0.15, 0.2) is 53.1 Å². The summed E-state index contributed by atoms with van der Waals surface area (Å²) in [4.78, 5) is 18.6. The molecule has 3 aromatic rings. The summed E-state index contributed by atoms with van der Waals surface area (Å²) in [5.74, 6) is -0.228. The molecule has 7 heteroatoms. The minimum atomic E-state index is -0.262. The summed E-state index contributed by atoms with van der Waals surface area (Å²) in [5, 5.41) is 3.87. The second-order valence-corrected chi connectivity index (χ2v) is 8.71. The number of likely N-dealkylation sites (N-methyl/N-ethyl adjacent to an activating group) is 1. The minimum Gasteiger partial charge on any atom is -0.459 e. The molecule has 158 valence electrons. The Labute approximate surface area is 180 Å². The lowest BCUT2D eigenvalue weighted by Crippen LogP contribution is -2.46. The van der Waals surface area contributed by atoms with Gasteiger partial charge in [-0.25, -0.2) is 4.39 Å². The Morgan fingerprint density at radius 1 is 1.20 bits per heavy atom. The number of carbonyl (C=O) groups excluding carboxylic acids is 1. The summed E-state index contributed by atoms with van der Waals surface area (Å²) in [7, 11) is 2.12. The Balaban J connectivity index is 1.72. The number of piperazine rings is 1. The van der Waals surface area contributed by atoms with Crippen LogP contribution in [0.1, 0.15) is 39.5 Å². The maximum atomic E-state index is 13.6. The standard InChI is InChI=1S/C23H26FN3O2S/c1-3-18-15-19(23(30-18)25-22(28)20-5-4-14-29-20)21(16-6-8-17(24)9-7-16)27-12-10-26(2)11-13-27/h4-9,14-15,21H,3,10-13H2,1-2H3,(H,25,28). The van der Waals surface area contributed by atoms with Gasteiger partial charge < -0.3 is 14.6 Å². The van der Waals surface area contributed by atoms with Crippen LogP contribution in [-0.4, -0.2) is 48.9 Å². The van der Waals surface area contributed by atoms with Crippen molar-refractivity contribution in [3.8, 4) is 0 Å². The van der Waals surface area contributed by atoms with Crippen molar-refractivity contribution < 1.29 is 13.6 Å². The van der Waals surface area contributed by atoms with Crippen molar-refractivity contribution in [2.24, 2.45) is 0 Å². The van der Waals surface area contributed by atoms with Gasteiger partial charge in [-0.1, -0.05) is 19.1 Å². The Kier molecular flexibility index (Phi) is 6.32. The van der Waals surface area contributed by atoms with E-state index in [1.54, 1.807) is 23.5 Å². The number of nitrogens with one attached hydrogen (secondary N) is 1. The molecule has 3 heterocycles. The van der Waals surface area contributed by atoms with E-state index in [-0.39, 0.29) is 23.5 Å². The highest BCUT2D eigenvalue weighted by Crippen LogP contribution is 2.40. The Morgan fingerprint density at radius 2 is 1.93 bits per heavy atom. The van der Waals surface area contributed by atoms with Crippen molar-refractivity contribution in [3.05, 3.63) is 76.3 Å². The van der Waals surface area contributed by atoms with Gasteiger partial charge in [-0.15, -0.1) is 11.3 Å². The number of thiophene rings is 1. The quantitative estimate of drug-likeness (QED) is 0.623. The van der Waals surface area contributed by atoms with E-state index in [9.17, 15) is 9.18 Å². The van der Waals surface area contributed by atoms with E-state index in [0.717, 1.165) is 48.7 Å². The first-order chi connectivity index (χ1) is 14.5. The SMILES string of the molecule is CCc1cc(C(c2ccc(F)cc2)N2CCN(C)CC2)c(NC(=O)c2ccco2)s1. The summed E-state index contributed by atoms with van der Waals surface area (Å²) >= 11 is 1.59. The highest BCUT2D eigenvalue weighted by Gasteiger charge is 2.29. The van der Waals surface area contributed by atoms with Gasteiger partial charge in [0.2, 0.25) is 0 Å². The van der Waals surface area contributed by atoms with Crippen LogP contribution in [0.25, 0.3) is 0 Å². The van der Waals surface area contributed by atoms with E-state index in [0.29, 0.717) is 0 Å². The molecule has 0 aliphatic carbocycles. The first-order valence-corrected chi connectivity index (χ1v) is 11.0. The molecule has 1 aromatic carbocycles. The number of carbonyl (C=O) groups is 1. The smallest absolute Gasteiger partial charge is 0.291 e. The normalized spacial score (nSPS) is 16.5. The lowest BCUT2D eigenvalue weighted by molar-refractivity contribution is 0.0996. The van der Waals surface area contributed by atoms with E-state index < -0.39 is 0 Å². The average molecular weight is 428 g/mol. The van der Waals surface area contributed by atoms with Gasteiger partial charge in [0.15, 0.2) is 5.76 Å². The molecule has 0 radical (unpaired) electrons. The third-order valence-electron chi connectivity index (χ3n) is 5.52. The highest BCUT2D eigenvalue weighted by atomic mass is 32.1. The lowest BCUT2D eigenvalue weighted by Gasteiger charge is -2.38. The van der Waals surface area contributed by atoms with Crippen LogP contribution in [0.4, 0.5) is 9.39 Å². The van der Waals surface area contributed by atoms with E-state index in [2.05, 4.69) is 35.2 Å². The number of amides is 1. The summed E-state index contributed by atoms with van der Waals surface area (Å²) in [6, 6.07) is 12.2. The van der Waals surface area contributed by atoms with Crippen molar-refractivity contribution >= 4 is 22.2 Å². The topological polar surface area (TPSA) is 48.7 Å². The number of rotatable bonds is 6. The monoisotopic (exact) mass is 427 g/mol. The van der Waals surface area contributed by atoms with Crippen LogP contribution < -0.4 is 5.32 Å². The summed E-state index contributed by atoms with van der Waals surface area (Å²) in [5.41, 5.74) is 2.07. The van der Waals surface area contributed by atoms with E-state index in [4.69, 9.17) is 4.42 Å². The fraction of sp³-hybridized carbons (Fsp3) is 0.348. The van der Waals surface area contributed by atoms with Crippen LogP contribution >= 0.6 is 11.3 Å². The van der Waals surface area contributed by atoms with Gasteiger partial charge in [-0.05, 0) is 49.4 Å². The second kappa shape index (κ2) is 9.12. The highest BCUT2D eigenvalue weighted by molar-refractivity contribution is 7.16. The number of aryl methyl sites for hydroxylation is 1. The molecular weight excluding hydrogens is 401 g/mol. The molecule has 0 bridgehead atoms. The number of benzene rings is 1. The third-order valence-corrected chi connectivity index (χ3v) is 6.73. The largest absolute Gasteiger partial charge is 0.459 e. The summed E-state index contributed by atoms with van der Waals surface area (Å²) in [6.07, 6.45) is 2.38. The Hall–Kier alpha value is -2.48. The van der Waals surface area contributed by atoms with Gasteiger partial charge >= 0.3 is 0 Å². The lowest BCUT2D eigenvalue weighted by atomic mass is 9.97. The molecule has 1 unspecified atom stereocenters. The summed E-state index contributed by atoms with van der Waals surface area (Å²) in [6.45, 7) is 5.85. The zero-order valence-corrected chi connectivity index (χ0v) is 18.0. The van der Waals surface area contributed by atoms with Crippen LogP contribution in [0, 0.1) is 5.82 Å². The van der Waals surface area contributed by atoms with E-state index in [1.165, 1.54) is 23.3 Å². The van der Waals surface area contributed by atoms with Gasteiger partial charge in [0.25, 0.3) is 5.91 Å². The first-order valence-electron chi connectivity index (χ1n) is 10.2. The molecule has 30 heavy (non-hydrogen) atoms. The fourth-order valence-corrected chi connectivity index (χ4v) is 4.84. The minimum absolute atomic E-state index is 0.0530. The van der Waals surface area contributed by atoms with Gasteiger partial charge in [0, 0.05) is 36.6 Å². The molecule has 1 N–H and O–H groups in total. The van der Waals surface area contributed by atoms with Gasteiger partial charge in [0.05, 0.1) is 12.3 Å². The predicted octanol–water partition coefficient (Wildman–Crippen LogP) is 4.63. The Bertz CT molecular complexity index is 977. The number of hydrogen-bond acceptors (Lipinski definition) is 5. The van der Waals surface area contributed by atoms with Crippen LogP contribution in [0.2, 0.25) is 0 Å². The molecule has 2 aromatic heterocycles. The molecular formula is C23H26FN3O2S. The Morgan fingerprint density at radius 3 is 2.57 bits per heavy atom. The number of nitrogens with zero attached hydrogens (tertiary/aromatic N) is 2. The molecule has 5 nitrogen and oxygen atoms in total. The zero-order valence-electron chi connectivity index (χ0n) is 17.2. The molecule has 1 atom stereocenters. The molecule has 4 rings (SSSR count). The van der Waals surface area contributed by atoms with Crippen molar-refractivity contribution in [3.63, 3.8) is 0 Å². The number of hydrogen-bond donors (Lipinski definition) is 1. The zero-order chi connectivity index (χ0) is 21.1. The van der Waals surface area contributed by atoms with Crippen LogP contribution in [-0.2, 0) is 6.42 Å². The molecule has 1 aliphatic heterocycles. The van der Waals surface area contributed by atoms with Gasteiger partial charge in [0.1, 0.15) is 10.8 Å². The van der Waals surface area contributed by atoms with Gasteiger partial charge in [-0.3, -0.25) is 9.69 Å². The third kappa shape index (κ3) is 4.48. The summed E-state index contributed by atoms with van der Waals surface area (Å²) < 4.78 is 18.9. The fourth-order valence-electron chi connectivity index (χ4n) is 3.82. The molecule has 1 saturated heterocycles. The maximum Gasteiger partial charge on any atom is 0.291 e. The number of anilines is 1. The number of halogens is 1. The molecule has 0 saturated carbocycles. The van der Waals surface area contributed by atoms with Gasteiger partial charge in [-0.2, -0.15) is 0 Å². The number of furan rings is 1. The molecule has 1 fully saturated rings. The molecule has 1 aliphatic rings. The molecule has 0 spiro atoms. The molecule has 1 amide bonds. The van der Waals surface area contributed by atoms with E-state index in [1.807, 2.05) is 12.1 Å². The van der Waals surface area contributed by atoms with Crippen molar-refractivity contribution in [2.45, 2.75) is 19.4 Å². The van der Waals surface area contributed by atoms with Crippen molar-refractivity contribution in [1.82, 2.24) is 9.80 Å². The van der Waals surface area contributed by atoms with Crippen molar-refractivity contribution in [2.75, 3.05) is 38.5 Å². The average Bonchev–Trinajstić information content (AvgIpc) is 3.42. The van der Waals surface area contributed by atoms with Crippen LogP contribution in [0.5, 0.6) is 0 Å². The van der Waals surface area contributed by atoms with Crippen molar-refractivity contribution in [1.29, 1.82) is 0 Å². The predicted molar refractivity (Wildman–Crippen MR) is 118 cm³/mol.